The Morgan fingerprint density at radius 1 is 0.950 bits per heavy atom. The van der Waals surface area contributed by atoms with Crippen LogP contribution in [0.5, 0.6) is 0 Å². The number of anilines is 2. The smallest absolute Gasteiger partial charge is 0.340 e. The molecular formula is C11H5ClF5N3. The van der Waals surface area contributed by atoms with Gasteiger partial charge in [0, 0.05) is 17.8 Å². The minimum absolute atomic E-state index is 0.106. The molecule has 0 saturated heterocycles. The van der Waals surface area contributed by atoms with Gasteiger partial charge in [0.25, 0.3) is 0 Å². The second-order valence-electron chi connectivity index (χ2n) is 3.68. The van der Waals surface area contributed by atoms with Crippen molar-refractivity contribution in [1.82, 2.24) is 9.97 Å². The number of rotatable bonds is 2. The molecule has 0 radical (unpaired) electrons. The van der Waals surface area contributed by atoms with Crippen molar-refractivity contribution in [1.29, 1.82) is 0 Å². The van der Waals surface area contributed by atoms with Gasteiger partial charge in [0.15, 0.2) is 0 Å². The first-order valence-corrected chi connectivity index (χ1v) is 5.47. The Morgan fingerprint density at radius 3 is 2.10 bits per heavy atom. The Kier molecular flexibility index (Phi) is 3.76. The van der Waals surface area contributed by atoms with Gasteiger partial charge in [0.1, 0.15) is 22.6 Å². The van der Waals surface area contributed by atoms with Crippen molar-refractivity contribution >= 4 is 23.1 Å². The molecule has 2 aromatic rings. The topological polar surface area (TPSA) is 37.8 Å². The van der Waals surface area contributed by atoms with E-state index in [1.807, 2.05) is 0 Å². The molecule has 0 unspecified atom stereocenters. The molecule has 20 heavy (non-hydrogen) atoms. The minimum Gasteiger partial charge on any atom is -0.340 e. The highest BCUT2D eigenvalue weighted by molar-refractivity contribution is 6.29. The molecule has 0 bridgehead atoms. The van der Waals surface area contributed by atoms with E-state index in [0.29, 0.717) is 6.07 Å². The predicted molar refractivity (Wildman–Crippen MR) is 61.7 cm³/mol. The second kappa shape index (κ2) is 5.20. The summed E-state index contributed by atoms with van der Waals surface area (Å²) in [6, 6.07) is 3.41. The third-order valence-electron chi connectivity index (χ3n) is 2.08. The van der Waals surface area contributed by atoms with Crippen LogP contribution >= 0.6 is 11.6 Å². The van der Waals surface area contributed by atoms with E-state index < -0.39 is 28.8 Å². The highest BCUT2D eigenvalue weighted by Crippen LogP contribution is 2.29. The van der Waals surface area contributed by atoms with E-state index in [4.69, 9.17) is 11.6 Å². The number of aromatic nitrogens is 2. The monoisotopic (exact) mass is 309 g/mol. The molecule has 1 heterocycles. The molecule has 0 amide bonds. The number of hydrogen-bond acceptors (Lipinski definition) is 3. The van der Waals surface area contributed by atoms with Gasteiger partial charge in [0.2, 0.25) is 5.82 Å². The molecule has 0 saturated carbocycles. The van der Waals surface area contributed by atoms with Crippen LogP contribution in [-0.2, 0) is 6.18 Å². The van der Waals surface area contributed by atoms with Gasteiger partial charge in [-0.05, 0) is 12.1 Å². The van der Waals surface area contributed by atoms with Gasteiger partial charge in [-0.1, -0.05) is 11.6 Å². The highest BCUT2D eigenvalue weighted by Gasteiger charge is 2.35. The van der Waals surface area contributed by atoms with Crippen molar-refractivity contribution in [2.24, 2.45) is 0 Å². The van der Waals surface area contributed by atoms with Gasteiger partial charge >= 0.3 is 6.18 Å². The van der Waals surface area contributed by atoms with Gasteiger partial charge in [-0.2, -0.15) is 13.2 Å². The van der Waals surface area contributed by atoms with E-state index in [0.717, 1.165) is 18.2 Å². The molecule has 0 fully saturated rings. The van der Waals surface area contributed by atoms with Crippen LogP contribution in [0.1, 0.15) is 5.82 Å². The van der Waals surface area contributed by atoms with Crippen LogP contribution in [-0.4, -0.2) is 9.97 Å². The Labute approximate surface area is 114 Å². The summed E-state index contributed by atoms with van der Waals surface area (Å²) in [5, 5.41) is 1.87. The van der Waals surface area contributed by atoms with Crippen molar-refractivity contribution in [3.8, 4) is 0 Å². The van der Waals surface area contributed by atoms with Crippen molar-refractivity contribution < 1.29 is 22.0 Å². The zero-order valence-corrected chi connectivity index (χ0v) is 10.2. The van der Waals surface area contributed by atoms with Crippen molar-refractivity contribution in [2.75, 3.05) is 5.32 Å². The summed E-state index contributed by atoms with van der Waals surface area (Å²) >= 11 is 5.45. The van der Waals surface area contributed by atoms with Crippen LogP contribution in [0.2, 0.25) is 5.15 Å². The van der Waals surface area contributed by atoms with Gasteiger partial charge < -0.3 is 5.32 Å². The summed E-state index contributed by atoms with van der Waals surface area (Å²) in [7, 11) is 0. The summed E-state index contributed by atoms with van der Waals surface area (Å²) < 4.78 is 63.4. The lowest BCUT2D eigenvalue weighted by Gasteiger charge is -2.10. The fraction of sp³-hybridized carbons (Fsp3) is 0.0909. The molecule has 0 aliphatic rings. The molecule has 0 atom stereocenters. The fourth-order valence-corrected chi connectivity index (χ4v) is 1.57. The zero-order chi connectivity index (χ0) is 14.9. The summed E-state index contributed by atoms with van der Waals surface area (Å²) in [4.78, 5) is 6.21. The first-order chi connectivity index (χ1) is 9.24. The maximum Gasteiger partial charge on any atom is 0.451 e. The average Bonchev–Trinajstić information content (AvgIpc) is 2.25. The number of benzene rings is 1. The molecule has 9 heteroatoms. The largest absolute Gasteiger partial charge is 0.451 e. The van der Waals surface area contributed by atoms with Crippen molar-refractivity contribution in [3.05, 3.63) is 46.9 Å². The Hall–Kier alpha value is -1.96. The summed E-state index contributed by atoms with van der Waals surface area (Å²) in [6.45, 7) is 0. The maximum atomic E-state index is 13.0. The average molecular weight is 310 g/mol. The van der Waals surface area contributed by atoms with Crippen LogP contribution in [0.3, 0.4) is 0 Å². The van der Waals surface area contributed by atoms with Gasteiger partial charge in [-0.3, -0.25) is 0 Å². The molecule has 1 aromatic carbocycles. The first-order valence-electron chi connectivity index (χ1n) is 5.09. The van der Waals surface area contributed by atoms with Crippen molar-refractivity contribution in [3.63, 3.8) is 0 Å². The van der Waals surface area contributed by atoms with Crippen molar-refractivity contribution in [2.45, 2.75) is 6.18 Å². The lowest BCUT2D eigenvalue weighted by Crippen LogP contribution is -2.12. The third-order valence-corrected chi connectivity index (χ3v) is 2.28. The third kappa shape index (κ3) is 3.53. The number of alkyl halides is 3. The zero-order valence-electron chi connectivity index (χ0n) is 9.47. The molecule has 2 rings (SSSR count). The summed E-state index contributed by atoms with van der Waals surface area (Å²) in [5.74, 6) is -3.56. The SMILES string of the molecule is Fc1cc(F)cc(Nc2cc(Cl)nc(C(F)(F)F)n2)c1. The number of nitrogens with zero attached hydrogens (tertiary/aromatic N) is 2. The molecule has 0 aliphatic carbocycles. The number of halogens is 6. The molecule has 3 nitrogen and oxygen atoms in total. The van der Waals surface area contributed by atoms with E-state index >= 15 is 0 Å². The summed E-state index contributed by atoms with van der Waals surface area (Å²) in [5.41, 5.74) is -0.106. The fourth-order valence-electron chi connectivity index (χ4n) is 1.38. The standard InChI is InChI=1S/C11H5ClF5N3/c12-8-4-9(20-10(19-8)11(15,16)17)18-7-2-5(13)1-6(14)3-7/h1-4H,(H,18,19,20). The van der Waals surface area contributed by atoms with Crippen LogP contribution in [0.4, 0.5) is 33.5 Å². The lowest BCUT2D eigenvalue weighted by atomic mass is 10.3. The molecule has 1 aromatic heterocycles. The van der Waals surface area contributed by atoms with Gasteiger partial charge in [-0.25, -0.2) is 18.7 Å². The van der Waals surface area contributed by atoms with Gasteiger partial charge in [-0.15, -0.1) is 0 Å². The molecule has 0 aliphatic heterocycles. The Balaban J connectivity index is 2.36. The predicted octanol–water partition coefficient (Wildman–Crippen LogP) is 4.17. The quantitative estimate of drug-likeness (QED) is 0.668. The maximum absolute atomic E-state index is 13.0. The Bertz CT molecular complexity index is 624. The van der Waals surface area contributed by atoms with E-state index in [1.165, 1.54) is 0 Å². The normalized spacial score (nSPS) is 11.5. The minimum atomic E-state index is -4.78. The van der Waals surface area contributed by atoms with Crippen LogP contribution < -0.4 is 5.32 Å². The second-order valence-corrected chi connectivity index (χ2v) is 4.07. The van der Waals surface area contributed by atoms with E-state index in [-0.39, 0.29) is 11.5 Å². The van der Waals surface area contributed by atoms with Gasteiger partial charge in [0.05, 0.1) is 0 Å². The van der Waals surface area contributed by atoms with E-state index in [9.17, 15) is 22.0 Å². The molecule has 1 N–H and O–H groups in total. The van der Waals surface area contributed by atoms with Crippen LogP contribution in [0, 0.1) is 11.6 Å². The summed E-state index contributed by atoms with van der Waals surface area (Å²) in [6.07, 6.45) is -4.78. The van der Waals surface area contributed by atoms with Crippen LogP contribution in [0.25, 0.3) is 0 Å². The Morgan fingerprint density at radius 2 is 1.55 bits per heavy atom. The van der Waals surface area contributed by atoms with E-state index in [1.54, 1.807) is 0 Å². The van der Waals surface area contributed by atoms with Crippen LogP contribution in [0.15, 0.2) is 24.3 Å². The van der Waals surface area contributed by atoms with E-state index in [2.05, 4.69) is 15.3 Å². The molecular weight excluding hydrogens is 305 g/mol. The lowest BCUT2D eigenvalue weighted by molar-refractivity contribution is -0.144. The first kappa shape index (κ1) is 14.4. The number of nitrogens with one attached hydrogen (secondary N) is 1. The molecule has 106 valence electrons. The molecule has 0 spiro atoms. The highest BCUT2D eigenvalue weighted by atomic mass is 35.5. The number of hydrogen-bond donors (Lipinski definition) is 1.